The molecule has 0 saturated heterocycles. The Morgan fingerprint density at radius 1 is 1.83 bits per heavy atom. The van der Waals surface area contributed by atoms with E-state index in [9.17, 15) is 0 Å². The molecule has 0 aliphatic carbocycles. The Kier molecular flexibility index (Phi) is 15.0. The summed E-state index contributed by atoms with van der Waals surface area (Å²) in [5, 5.41) is 0. The topological polar surface area (TPSA) is 33.0 Å². The molecule has 30 valence electrons. The van der Waals surface area contributed by atoms with Crippen molar-refractivity contribution in [1.82, 2.24) is 0 Å². The van der Waals surface area contributed by atoms with Crippen LogP contribution in [-0.4, -0.2) is 6.61 Å². The van der Waals surface area contributed by atoms with Crippen LogP contribution in [0.25, 0.3) is 5.90 Å². The summed E-state index contributed by atoms with van der Waals surface area (Å²) in [5.41, 5.74) is 0. The maximum atomic E-state index is 6.03. The first-order valence-corrected chi connectivity index (χ1v) is 1.31. The zero-order valence-electron chi connectivity index (χ0n) is 3.90. The molecule has 0 rings (SSSR count). The fourth-order valence-electron chi connectivity index (χ4n) is 0.0589. The molecule has 0 aromatic heterocycles. The molecule has 0 aromatic rings. The van der Waals surface area contributed by atoms with Crippen molar-refractivity contribution in [2.75, 3.05) is 6.61 Å². The molecule has 2 nitrogen and oxygen atoms in total. The van der Waals surface area contributed by atoms with Gasteiger partial charge in [0.2, 0.25) is 0 Å². The second-order valence-electron chi connectivity index (χ2n) is 0.600. The summed E-state index contributed by atoms with van der Waals surface area (Å²) in [5.74, 6) is 6.03. The van der Waals surface area contributed by atoms with E-state index >= 15 is 0 Å². The van der Waals surface area contributed by atoms with E-state index in [2.05, 4.69) is 11.4 Å². The van der Waals surface area contributed by atoms with Gasteiger partial charge in [0.15, 0.2) is 0 Å². The van der Waals surface area contributed by atoms with Crippen molar-refractivity contribution in [2.45, 2.75) is 0 Å². The summed E-state index contributed by atoms with van der Waals surface area (Å²) >= 11 is 0. The standard InChI is InChI=1S/C3H6NO.Na/c1-2-3-5-4;/h2,4H,1,3H2;/q-1;+1. The van der Waals surface area contributed by atoms with E-state index in [1.165, 1.54) is 6.08 Å². The summed E-state index contributed by atoms with van der Waals surface area (Å²) in [6.07, 6.45) is 1.52. The molecule has 0 aliphatic rings. The molecule has 0 aliphatic heterocycles. The van der Waals surface area contributed by atoms with E-state index < -0.39 is 0 Å². The van der Waals surface area contributed by atoms with Crippen LogP contribution in [0.2, 0.25) is 0 Å². The molecule has 3 heteroatoms. The summed E-state index contributed by atoms with van der Waals surface area (Å²) in [6, 6.07) is 0. The number of hydrogen-bond donors (Lipinski definition) is 0. The minimum absolute atomic E-state index is 0. The summed E-state index contributed by atoms with van der Waals surface area (Å²) < 4.78 is 0. The van der Waals surface area contributed by atoms with Crippen molar-refractivity contribution in [3.8, 4) is 0 Å². The molecule has 1 N–H and O–H groups in total. The van der Waals surface area contributed by atoms with Crippen molar-refractivity contribution in [1.29, 1.82) is 0 Å². The Morgan fingerprint density at radius 2 is 2.33 bits per heavy atom. The fraction of sp³-hybridized carbons (Fsp3) is 0.333. The Balaban J connectivity index is 0. The zero-order valence-corrected chi connectivity index (χ0v) is 5.90. The van der Waals surface area contributed by atoms with Gasteiger partial charge in [0, 0.05) is 6.61 Å². The van der Waals surface area contributed by atoms with Crippen molar-refractivity contribution < 1.29 is 34.4 Å². The first-order valence-electron chi connectivity index (χ1n) is 1.31. The third-order valence-electron chi connectivity index (χ3n) is 0.201. The van der Waals surface area contributed by atoms with Gasteiger partial charge in [-0.3, -0.25) is 0 Å². The molecular formula is C3H6NNaO. The van der Waals surface area contributed by atoms with E-state index in [0.717, 1.165) is 0 Å². The Morgan fingerprint density at radius 3 is 2.33 bits per heavy atom. The average molecular weight is 95.1 g/mol. The minimum atomic E-state index is 0. The van der Waals surface area contributed by atoms with Gasteiger partial charge in [0.25, 0.3) is 0 Å². The molecule has 0 unspecified atom stereocenters. The van der Waals surface area contributed by atoms with E-state index in [4.69, 9.17) is 5.90 Å². The summed E-state index contributed by atoms with van der Waals surface area (Å²) in [7, 11) is 0. The van der Waals surface area contributed by atoms with Crippen LogP contribution >= 0.6 is 0 Å². The second kappa shape index (κ2) is 9.18. The van der Waals surface area contributed by atoms with E-state index in [1.54, 1.807) is 0 Å². The van der Waals surface area contributed by atoms with Crippen LogP contribution < -0.4 is 29.6 Å². The Hall–Kier alpha value is 0.660. The number of nitrogens with one attached hydrogen (secondary N) is 1. The van der Waals surface area contributed by atoms with E-state index in [1.807, 2.05) is 0 Å². The molecule has 0 aromatic carbocycles. The molecule has 0 bridgehead atoms. The zero-order chi connectivity index (χ0) is 4.12. The second-order valence-corrected chi connectivity index (χ2v) is 0.600. The molecule has 0 radical (unpaired) electrons. The number of rotatable bonds is 2. The van der Waals surface area contributed by atoms with Crippen molar-refractivity contribution in [2.24, 2.45) is 0 Å². The molecule has 6 heavy (non-hydrogen) atoms. The molecule has 0 heterocycles. The van der Waals surface area contributed by atoms with Crippen LogP contribution in [0.4, 0.5) is 0 Å². The van der Waals surface area contributed by atoms with Gasteiger partial charge in [-0.05, 0) is 0 Å². The van der Waals surface area contributed by atoms with Crippen molar-refractivity contribution in [3.05, 3.63) is 18.6 Å². The fourth-order valence-corrected chi connectivity index (χ4v) is 0.0589. The van der Waals surface area contributed by atoms with Crippen LogP contribution in [0, 0.1) is 0 Å². The summed E-state index contributed by atoms with van der Waals surface area (Å²) in [4.78, 5) is 3.82. The normalized spacial score (nSPS) is 6.17. The third kappa shape index (κ3) is 8.82. The van der Waals surface area contributed by atoms with Gasteiger partial charge >= 0.3 is 29.6 Å². The molecule has 0 amide bonds. The summed E-state index contributed by atoms with van der Waals surface area (Å²) in [6.45, 7) is 3.62. The van der Waals surface area contributed by atoms with Gasteiger partial charge in [0.05, 0.1) is 0 Å². The molecule has 0 atom stereocenters. The van der Waals surface area contributed by atoms with Gasteiger partial charge < -0.3 is 10.7 Å². The van der Waals surface area contributed by atoms with Crippen LogP contribution in [0.1, 0.15) is 0 Å². The Bertz CT molecular complexity index is 32.0. The van der Waals surface area contributed by atoms with Crippen LogP contribution in [0.3, 0.4) is 0 Å². The monoisotopic (exact) mass is 95.0 g/mol. The molecule has 0 spiro atoms. The van der Waals surface area contributed by atoms with Crippen LogP contribution in [-0.2, 0) is 4.84 Å². The van der Waals surface area contributed by atoms with Crippen molar-refractivity contribution >= 4 is 0 Å². The van der Waals surface area contributed by atoms with Crippen LogP contribution in [0.15, 0.2) is 12.7 Å². The first-order chi connectivity index (χ1) is 2.41. The predicted molar refractivity (Wildman–Crippen MR) is 20.5 cm³/mol. The van der Waals surface area contributed by atoms with Crippen LogP contribution in [0.5, 0.6) is 0 Å². The minimum Gasteiger partial charge on any atom is -0.549 e. The predicted octanol–water partition coefficient (Wildman–Crippen LogP) is -1.84. The van der Waals surface area contributed by atoms with E-state index in [-0.39, 0.29) is 29.6 Å². The van der Waals surface area contributed by atoms with Gasteiger partial charge in [-0.15, -0.1) is 6.58 Å². The maximum absolute atomic E-state index is 6.03. The quantitative estimate of drug-likeness (QED) is 0.225. The molecular weight excluding hydrogens is 89.0 g/mol. The SMILES string of the molecule is C=CCO[NH-].[Na+]. The Labute approximate surface area is 59.6 Å². The molecule has 0 saturated carbocycles. The number of hydrogen-bond acceptors (Lipinski definition) is 1. The van der Waals surface area contributed by atoms with Gasteiger partial charge in [-0.2, -0.15) is 0 Å². The smallest absolute Gasteiger partial charge is 0.549 e. The van der Waals surface area contributed by atoms with Gasteiger partial charge in [0.1, 0.15) is 0 Å². The largest absolute Gasteiger partial charge is 1.00 e. The van der Waals surface area contributed by atoms with E-state index in [0.29, 0.717) is 6.61 Å². The maximum Gasteiger partial charge on any atom is 1.00 e. The average Bonchev–Trinajstić information content (AvgIpc) is 1.41. The first kappa shape index (κ1) is 9.83. The van der Waals surface area contributed by atoms with Gasteiger partial charge in [-0.1, -0.05) is 6.08 Å². The van der Waals surface area contributed by atoms with Crippen molar-refractivity contribution in [3.63, 3.8) is 0 Å². The third-order valence-corrected chi connectivity index (χ3v) is 0.201. The molecule has 0 fully saturated rings. The van der Waals surface area contributed by atoms with Gasteiger partial charge in [-0.25, -0.2) is 0 Å².